The van der Waals surface area contributed by atoms with Crippen molar-refractivity contribution >= 4 is 9.84 Å². The predicted molar refractivity (Wildman–Crippen MR) is 85.1 cm³/mol. The molecule has 0 bridgehead atoms. The molecule has 0 spiro atoms. The molecule has 2 aromatic rings. The van der Waals surface area contributed by atoms with Gasteiger partial charge in [0.2, 0.25) is 0 Å². The molecule has 1 aromatic heterocycles. The highest BCUT2D eigenvalue weighted by molar-refractivity contribution is 7.92. The van der Waals surface area contributed by atoms with Crippen LogP contribution in [0.2, 0.25) is 0 Å². The smallest absolute Gasteiger partial charge is 0.382 e. The van der Waals surface area contributed by atoms with Crippen LogP contribution in [0.5, 0.6) is 0 Å². The van der Waals surface area contributed by atoms with Gasteiger partial charge in [0.25, 0.3) is 15.8 Å². The van der Waals surface area contributed by atoms with Crippen molar-refractivity contribution in [3.8, 4) is 6.07 Å². The number of rotatable bonds is 3. The van der Waals surface area contributed by atoms with E-state index in [4.69, 9.17) is 5.26 Å². The Morgan fingerprint density at radius 1 is 1.29 bits per heavy atom. The molecule has 3 rings (SSSR count). The van der Waals surface area contributed by atoms with Crippen molar-refractivity contribution in [3.05, 3.63) is 58.4 Å². The number of aliphatic hydroxyl groups is 1. The minimum absolute atomic E-state index is 0.0833. The average Bonchev–Trinajstić information content (AvgIpc) is 2.85. The summed E-state index contributed by atoms with van der Waals surface area (Å²) in [6.07, 6.45) is -1.26. The number of sulfone groups is 1. The lowest BCUT2D eigenvalue weighted by molar-refractivity contribution is -0.0978. The topological polar surface area (TPSA) is 91.0 Å². The molecule has 5 nitrogen and oxygen atoms in total. The standard InChI is InChI=1S/C17H11F5N2O3S/c18-16(19)5-12-11(4-9-3-10(6-23)8-24-7-9)1-2-13(14(12)15(16)25)28(26,27)17(20,21)22/h1-3,7-8,15,25H,4-5H2/t15-/m0/s1. The van der Waals surface area contributed by atoms with Crippen LogP contribution in [0.15, 0.2) is 35.5 Å². The lowest BCUT2D eigenvalue weighted by Gasteiger charge is -2.17. The molecule has 11 heteroatoms. The molecule has 148 valence electrons. The summed E-state index contributed by atoms with van der Waals surface area (Å²) in [6.45, 7) is 0. The molecule has 1 atom stereocenters. The van der Waals surface area contributed by atoms with E-state index in [0.29, 0.717) is 11.6 Å². The zero-order valence-corrected chi connectivity index (χ0v) is 14.7. The van der Waals surface area contributed by atoms with Crippen molar-refractivity contribution in [2.75, 3.05) is 0 Å². The molecule has 0 unspecified atom stereocenters. The van der Waals surface area contributed by atoms with Crippen molar-refractivity contribution in [2.45, 2.75) is 35.3 Å². The van der Waals surface area contributed by atoms with E-state index in [1.165, 1.54) is 18.5 Å². The van der Waals surface area contributed by atoms with Gasteiger partial charge in [0.1, 0.15) is 12.2 Å². The van der Waals surface area contributed by atoms with Gasteiger partial charge in [0.15, 0.2) is 0 Å². The van der Waals surface area contributed by atoms with E-state index in [2.05, 4.69) is 4.98 Å². The summed E-state index contributed by atoms with van der Waals surface area (Å²) in [6, 6.07) is 4.84. The summed E-state index contributed by atoms with van der Waals surface area (Å²) < 4.78 is 90.5. The summed E-state index contributed by atoms with van der Waals surface area (Å²) in [5.41, 5.74) is -6.28. The Morgan fingerprint density at radius 3 is 2.57 bits per heavy atom. The normalized spacial score (nSPS) is 18.5. The van der Waals surface area contributed by atoms with Gasteiger partial charge < -0.3 is 5.11 Å². The highest BCUT2D eigenvalue weighted by atomic mass is 32.2. The molecule has 1 N–H and O–H groups in total. The number of nitriles is 1. The molecular weight excluding hydrogens is 407 g/mol. The number of fused-ring (bicyclic) bond motifs is 1. The fourth-order valence-electron chi connectivity index (χ4n) is 3.13. The second kappa shape index (κ2) is 6.49. The lowest BCUT2D eigenvalue weighted by Crippen LogP contribution is -2.26. The van der Waals surface area contributed by atoms with Crippen molar-refractivity contribution < 1.29 is 35.5 Å². The van der Waals surface area contributed by atoms with Gasteiger partial charge in [-0.1, -0.05) is 6.07 Å². The maximum Gasteiger partial charge on any atom is 0.501 e. The molecule has 1 aromatic carbocycles. The van der Waals surface area contributed by atoms with E-state index >= 15 is 0 Å². The first-order valence-corrected chi connectivity index (χ1v) is 9.22. The van der Waals surface area contributed by atoms with Crippen LogP contribution in [0, 0.1) is 11.3 Å². The summed E-state index contributed by atoms with van der Waals surface area (Å²) in [4.78, 5) is 2.43. The fraction of sp³-hybridized carbons (Fsp3) is 0.294. The van der Waals surface area contributed by atoms with Crippen LogP contribution in [0.1, 0.15) is 33.9 Å². The molecule has 0 saturated heterocycles. The molecule has 28 heavy (non-hydrogen) atoms. The number of aliphatic hydroxyl groups excluding tert-OH is 1. The van der Waals surface area contributed by atoms with Gasteiger partial charge in [-0.05, 0) is 35.2 Å². The van der Waals surface area contributed by atoms with Crippen LogP contribution >= 0.6 is 0 Å². The third-order valence-corrected chi connectivity index (χ3v) is 5.96. The van der Waals surface area contributed by atoms with Crippen LogP contribution < -0.4 is 0 Å². The second-order valence-corrected chi connectivity index (χ2v) is 8.18. The molecule has 0 amide bonds. The van der Waals surface area contributed by atoms with Gasteiger partial charge in [0, 0.05) is 24.4 Å². The number of hydrogen-bond acceptors (Lipinski definition) is 5. The van der Waals surface area contributed by atoms with E-state index in [1.807, 2.05) is 6.07 Å². The van der Waals surface area contributed by atoms with Gasteiger partial charge in [0.05, 0.1) is 10.5 Å². The minimum Gasteiger partial charge on any atom is -0.382 e. The Balaban J connectivity index is 2.18. The first-order valence-electron chi connectivity index (χ1n) is 7.74. The zero-order valence-electron chi connectivity index (χ0n) is 13.8. The average molecular weight is 418 g/mol. The third-order valence-electron chi connectivity index (χ3n) is 4.41. The highest BCUT2D eigenvalue weighted by Gasteiger charge is 2.54. The zero-order chi connectivity index (χ0) is 20.9. The van der Waals surface area contributed by atoms with Crippen LogP contribution in [-0.2, 0) is 22.7 Å². The molecule has 0 fully saturated rings. The van der Waals surface area contributed by atoms with Crippen LogP contribution in [0.3, 0.4) is 0 Å². The van der Waals surface area contributed by atoms with Gasteiger partial charge in [-0.25, -0.2) is 17.2 Å². The summed E-state index contributed by atoms with van der Waals surface area (Å²) >= 11 is 0. The number of benzene rings is 1. The quantitative estimate of drug-likeness (QED) is 0.774. The number of hydrogen-bond donors (Lipinski definition) is 1. The number of halogens is 5. The Labute approximate surface area is 156 Å². The number of pyridine rings is 1. The molecule has 0 saturated carbocycles. The lowest BCUT2D eigenvalue weighted by atomic mass is 9.97. The van der Waals surface area contributed by atoms with Crippen molar-refractivity contribution in [2.24, 2.45) is 0 Å². The minimum atomic E-state index is -5.93. The van der Waals surface area contributed by atoms with Gasteiger partial charge >= 0.3 is 5.51 Å². The maximum absolute atomic E-state index is 14.1. The molecule has 0 radical (unpaired) electrons. The SMILES string of the molecule is N#Cc1cncc(Cc2ccc(S(=O)(=O)C(F)(F)F)c3c2CC(F)(F)[C@H]3O)c1. The molecule has 1 heterocycles. The number of aromatic nitrogens is 1. The Morgan fingerprint density at radius 2 is 1.96 bits per heavy atom. The maximum atomic E-state index is 14.1. The molecule has 1 aliphatic carbocycles. The largest absolute Gasteiger partial charge is 0.501 e. The van der Waals surface area contributed by atoms with E-state index < -0.39 is 44.3 Å². The molecule has 1 aliphatic rings. The Kier molecular flexibility index (Phi) is 4.68. The van der Waals surface area contributed by atoms with E-state index in [0.717, 1.165) is 6.07 Å². The van der Waals surface area contributed by atoms with Crippen molar-refractivity contribution in [1.82, 2.24) is 4.98 Å². The van der Waals surface area contributed by atoms with Gasteiger partial charge in [-0.2, -0.15) is 18.4 Å². The van der Waals surface area contributed by atoms with E-state index in [9.17, 15) is 35.5 Å². The monoisotopic (exact) mass is 418 g/mol. The molecular formula is C17H11F5N2O3S. The predicted octanol–water partition coefficient (Wildman–Crippen LogP) is 3.06. The summed E-state index contributed by atoms with van der Waals surface area (Å²) in [7, 11) is -5.93. The highest BCUT2D eigenvalue weighted by Crippen LogP contribution is 2.49. The number of alkyl halides is 5. The van der Waals surface area contributed by atoms with Crippen LogP contribution in [-0.4, -0.2) is 29.9 Å². The van der Waals surface area contributed by atoms with Gasteiger partial charge in [-0.3, -0.25) is 4.98 Å². The van der Waals surface area contributed by atoms with Gasteiger partial charge in [-0.15, -0.1) is 0 Å². The summed E-state index contributed by atoms with van der Waals surface area (Å²) in [5.74, 6) is -3.82. The Bertz CT molecular complexity index is 1090. The first-order chi connectivity index (χ1) is 12.9. The number of nitrogens with zero attached hydrogens (tertiary/aromatic N) is 2. The molecule has 0 aliphatic heterocycles. The van der Waals surface area contributed by atoms with E-state index in [-0.39, 0.29) is 23.1 Å². The van der Waals surface area contributed by atoms with Crippen molar-refractivity contribution in [1.29, 1.82) is 5.26 Å². The first kappa shape index (κ1) is 20.2. The van der Waals surface area contributed by atoms with Crippen molar-refractivity contribution in [3.63, 3.8) is 0 Å². The summed E-state index contributed by atoms with van der Waals surface area (Å²) in [5, 5.41) is 18.7. The third kappa shape index (κ3) is 3.22. The fourth-order valence-corrected chi connectivity index (χ4v) is 4.15. The van der Waals surface area contributed by atoms with Crippen LogP contribution in [0.25, 0.3) is 0 Å². The van der Waals surface area contributed by atoms with E-state index in [1.54, 1.807) is 0 Å². The Hall–Kier alpha value is -2.58. The van der Waals surface area contributed by atoms with Crippen LogP contribution in [0.4, 0.5) is 22.0 Å². The second-order valence-electron chi connectivity index (χ2n) is 6.28.